The molecule has 1 N–H and O–H groups in total. The molecule has 3 aliphatic rings. The minimum Gasteiger partial charge on any atom is -0.388 e. The van der Waals surface area contributed by atoms with Gasteiger partial charge in [0.1, 0.15) is 6.10 Å². The van der Waals surface area contributed by atoms with E-state index >= 15 is 0 Å². The van der Waals surface area contributed by atoms with Gasteiger partial charge in [-0.1, -0.05) is 24.3 Å². The van der Waals surface area contributed by atoms with Crippen molar-refractivity contribution in [2.45, 2.75) is 12.5 Å². The molecule has 13 heavy (non-hydrogen) atoms. The van der Waals surface area contributed by atoms with E-state index in [0.29, 0.717) is 5.92 Å². The minimum absolute atomic E-state index is 0.210. The molecule has 2 aliphatic heterocycles. The number of nitrogens with one attached hydrogen (secondary N) is 1. The van der Waals surface area contributed by atoms with Gasteiger partial charge < -0.3 is 10.1 Å². The molecule has 0 saturated carbocycles. The van der Waals surface area contributed by atoms with Crippen LogP contribution < -0.4 is 5.32 Å². The third-order valence-corrected chi connectivity index (χ3v) is 2.98. The Balaban J connectivity index is 2.05. The van der Waals surface area contributed by atoms with Gasteiger partial charge in [-0.3, -0.25) is 0 Å². The molecule has 1 aliphatic carbocycles. The zero-order valence-electron chi connectivity index (χ0n) is 7.49. The van der Waals surface area contributed by atoms with Crippen molar-refractivity contribution in [3.8, 4) is 0 Å². The number of fused-ring (bicyclic) bond motifs is 2. The lowest BCUT2D eigenvalue weighted by Gasteiger charge is -2.28. The van der Waals surface area contributed by atoms with Crippen LogP contribution in [0.25, 0.3) is 0 Å². The molecule has 0 bridgehead atoms. The van der Waals surface area contributed by atoms with E-state index in [-0.39, 0.29) is 6.10 Å². The van der Waals surface area contributed by atoms with E-state index in [1.54, 1.807) is 0 Å². The van der Waals surface area contributed by atoms with Crippen molar-refractivity contribution >= 4 is 0 Å². The molecular formula is C11H13NO. The Bertz CT molecular complexity index is 314. The van der Waals surface area contributed by atoms with Crippen molar-refractivity contribution in [3.05, 3.63) is 35.6 Å². The lowest BCUT2D eigenvalue weighted by molar-refractivity contribution is 0.0734. The zero-order chi connectivity index (χ0) is 8.67. The number of hydrogen-bond donors (Lipinski definition) is 1. The molecule has 0 aromatic heterocycles. The second-order valence-electron chi connectivity index (χ2n) is 3.78. The van der Waals surface area contributed by atoms with Gasteiger partial charge in [-0.25, -0.2) is 0 Å². The predicted molar refractivity (Wildman–Crippen MR) is 51.2 cm³/mol. The van der Waals surface area contributed by atoms with E-state index in [9.17, 15) is 0 Å². The SMILES string of the molecule is C1=CC2=C3NCCC3COC2C=C1. The number of ether oxygens (including phenoxy) is 1. The quantitative estimate of drug-likeness (QED) is 0.600. The van der Waals surface area contributed by atoms with Crippen LogP contribution in [0.15, 0.2) is 35.6 Å². The highest BCUT2D eigenvalue weighted by Crippen LogP contribution is 2.32. The Morgan fingerprint density at radius 1 is 1.38 bits per heavy atom. The normalized spacial score (nSPS) is 35.7. The van der Waals surface area contributed by atoms with Gasteiger partial charge in [0, 0.05) is 23.7 Å². The second-order valence-corrected chi connectivity index (χ2v) is 3.78. The number of allylic oxidation sites excluding steroid dienone is 2. The molecule has 2 nitrogen and oxygen atoms in total. The van der Waals surface area contributed by atoms with E-state index in [1.165, 1.54) is 17.7 Å². The second kappa shape index (κ2) is 2.74. The van der Waals surface area contributed by atoms with E-state index < -0.39 is 0 Å². The standard InChI is InChI=1S/C11H13NO/c1-2-4-10-9(3-1)11-8(7-13-10)5-6-12-11/h1-4,8,10,12H,5-7H2. The maximum atomic E-state index is 5.76. The molecule has 2 atom stereocenters. The molecule has 0 amide bonds. The van der Waals surface area contributed by atoms with Gasteiger partial charge in [0.05, 0.1) is 6.61 Å². The average Bonchev–Trinajstić information content (AvgIpc) is 2.65. The topological polar surface area (TPSA) is 21.3 Å². The van der Waals surface area contributed by atoms with Crippen LogP contribution in [0.1, 0.15) is 6.42 Å². The molecule has 1 fully saturated rings. The smallest absolute Gasteiger partial charge is 0.103 e. The molecule has 2 unspecified atom stereocenters. The number of hydrogen-bond acceptors (Lipinski definition) is 2. The largest absolute Gasteiger partial charge is 0.388 e. The Hall–Kier alpha value is -1.02. The first-order valence-electron chi connectivity index (χ1n) is 4.89. The Kier molecular flexibility index (Phi) is 1.56. The molecule has 0 spiro atoms. The first-order chi connectivity index (χ1) is 6.45. The molecule has 3 rings (SSSR count). The van der Waals surface area contributed by atoms with Crippen LogP contribution in [0, 0.1) is 5.92 Å². The van der Waals surface area contributed by atoms with E-state index in [2.05, 4.69) is 29.6 Å². The Morgan fingerprint density at radius 3 is 3.38 bits per heavy atom. The molecule has 68 valence electrons. The lowest BCUT2D eigenvalue weighted by Crippen LogP contribution is -2.29. The average molecular weight is 175 g/mol. The summed E-state index contributed by atoms with van der Waals surface area (Å²) in [6, 6.07) is 0. The van der Waals surface area contributed by atoms with E-state index in [1.807, 2.05) is 0 Å². The third kappa shape index (κ3) is 1.05. The van der Waals surface area contributed by atoms with Crippen molar-refractivity contribution in [2.24, 2.45) is 5.92 Å². The maximum Gasteiger partial charge on any atom is 0.103 e. The molecule has 1 saturated heterocycles. The van der Waals surface area contributed by atoms with Crippen LogP contribution in [0.4, 0.5) is 0 Å². The molecule has 2 heteroatoms. The van der Waals surface area contributed by atoms with Crippen molar-refractivity contribution in [1.82, 2.24) is 5.32 Å². The summed E-state index contributed by atoms with van der Waals surface area (Å²) in [5.74, 6) is 0.627. The monoisotopic (exact) mass is 175 g/mol. The molecule has 0 aromatic carbocycles. The molecular weight excluding hydrogens is 162 g/mol. The Labute approximate surface area is 78.0 Å². The number of rotatable bonds is 0. The fourth-order valence-electron chi connectivity index (χ4n) is 2.31. The first kappa shape index (κ1) is 7.39. The summed E-state index contributed by atoms with van der Waals surface area (Å²) < 4.78 is 5.76. The van der Waals surface area contributed by atoms with Gasteiger partial charge in [-0.15, -0.1) is 0 Å². The highest BCUT2D eigenvalue weighted by molar-refractivity contribution is 5.41. The first-order valence-corrected chi connectivity index (χ1v) is 4.89. The summed E-state index contributed by atoms with van der Waals surface area (Å²) in [6.45, 7) is 1.99. The van der Waals surface area contributed by atoms with Gasteiger partial charge in [0.15, 0.2) is 0 Å². The summed E-state index contributed by atoms with van der Waals surface area (Å²) in [7, 11) is 0. The summed E-state index contributed by atoms with van der Waals surface area (Å²) in [5, 5.41) is 3.47. The van der Waals surface area contributed by atoms with Crippen molar-refractivity contribution < 1.29 is 4.74 Å². The van der Waals surface area contributed by atoms with Crippen LogP contribution in [0.3, 0.4) is 0 Å². The predicted octanol–water partition coefficient (Wildman–Crippen LogP) is 1.37. The molecule has 0 radical (unpaired) electrons. The Morgan fingerprint density at radius 2 is 2.38 bits per heavy atom. The van der Waals surface area contributed by atoms with Gasteiger partial charge in [-0.2, -0.15) is 0 Å². The fourth-order valence-corrected chi connectivity index (χ4v) is 2.31. The highest BCUT2D eigenvalue weighted by Gasteiger charge is 2.31. The summed E-state index contributed by atoms with van der Waals surface area (Å²) in [6.07, 6.45) is 9.88. The summed E-state index contributed by atoms with van der Waals surface area (Å²) in [4.78, 5) is 0. The van der Waals surface area contributed by atoms with Crippen LogP contribution in [-0.2, 0) is 4.74 Å². The van der Waals surface area contributed by atoms with Gasteiger partial charge in [-0.05, 0) is 6.42 Å². The van der Waals surface area contributed by atoms with Crippen LogP contribution in [0.5, 0.6) is 0 Å². The molecule has 0 aromatic rings. The lowest BCUT2D eigenvalue weighted by atomic mass is 9.93. The van der Waals surface area contributed by atoms with Crippen molar-refractivity contribution in [1.29, 1.82) is 0 Å². The maximum absolute atomic E-state index is 5.76. The minimum atomic E-state index is 0.210. The van der Waals surface area contributed by atoms with Gasteiger partial charge in [0.2, 0.25) is 0 Å². The van der Waals surface area contributed by atoms with Crippen LogP contribution in [0.2, 0.25) is 0 Å². The molecule has 2 heterocycles. The van der Waals surface area contributed by atoms with Crippen molar-refractivity contribution in [2.75, 3.05) is 13.2 Å². The summed E-state index contributed by atoms with van der Waals surface area (Å²) in [5.41, 5.74) is 2.77. The van der Waals surface area contributed by atoms with Gasteiger partial charge >= 0.3 is 0 Å². The van der Waals surface area contributed by atoms with Crippen molar-refractivity contribution in [3.63, 3.8) is 0 Å². The van der Waals surface area contributed by atoms with E-state index in [4.69, 9.17) is 4.74 Å². The summed E-state index contributed by atoms with van der Waals surface area (Å²) >= 11 is 0. The highest BCUT2D eigenvalue weighted by atomic mass is 16.5. The van der Waals surface area contributed by atoms with Crippen LogP contribution in [-0.4, -0.2) is 19.3 Å². The van der Waals surface area contributed by atoms with E-state index in [0.717, 1.165) is 13.2 Å². The fraction of sp³-hybridized carbons (Fsp3) is 0.455. The zero-order valence-corrected chi connectivity index (χ0v) is 7.49. The van der Waals surface area contributed by atoms with Gasteiger partial charge in [0.25, 0.3) is 0 Å². The third-order valence-electron chi connectivity index (χ3n) is 2.98. The van der Waals surface area contributed by atoms with Crippen LogP contribution >= 0.6 is 0 Å².